The van der Waals surface area contributed by atoms with Crippen molar-refractivity contribution in [3.8, 4) is 0 Å². The van der Waals surface area contributed by atoms with Gasteiger partial charge < -0.3 is 5.32 Å². The maximum Gasteiger partial charge on any atom is 0.270 e. The molecule has 5 rings (SSSR count). The minimum absolute atomic E-state index is 0.0899. The summed E-state index contributed by atoms with van der Waals surface area (Å²) in [7, 11) is 0. The van der Waals surface area contributed by atoms with E-state index in [0.29, 0.717) is 29.5 Å². The van der Waals surface area contributed by atoms with Crippen LogP contribution < -0.4 is 5.32 Å². The smallest absolute Gasteiger partial charge is 0.270 e. The van der Waals surface area contributed by atoms with Gasteiger partial charge in [0, 0.05) is 56.1 Å². The summed E-state index contributed by atoms with van der Waals surface area (Å²) in [5.74, 6) is -1.50. The Bertz CT molecular complexity index is 1060. The molecule has 3 unspecified atom stereocenters. The third-order valence-electron chi connectivity index (χ3n) is 8.28. The number of likely N-dealkylation sites (tertiary alicyclic amines) is 1. The number of ketones is 1. The summed E-state index contributed by atoms with van der Waals surface area (Å²) in [6, 6.07) is 17.1. The first kappa shape index (κ1) is 24.1. The first-order valence-corrected chi connectivity index (χ1v) is 12.9. The SMILES string of the molecule is CC(F)(F)c1cccc(NC(=O)CCC(=O)C2[C@H]3CN(C4CCCC(c5ccccc5)C4)C[C@@H]23)c1. The van der Waals surface area contributed by atoms with Gasteiger partial charge in [0.1, 0.15) is 5.78 Å². The maximum atomic E-state index is 13.5. The molecule has 2 aromatic carbocycles. The van der Waals surface area contributed by atoms with Crippen LogP contribution >= 0.6 is 0 Å². The highest BCUT2D eigenvalue weighted by Gasteiger charge is 2.59. The number of piperidine rings is 1. The number of nitrogens with zero attached hydrogens (tertiary/aromatic N) is 1. The number of carbonyl (C=O) groups is 2. The fourth-order valence-corrected chi connectivity index (χ4v) is 6.36. The number of hydrogen-bond donors (Lipinski definition) is 1. The fraction of sp³-hybridized carbons (Fsp3) is 0.517. The molecule has 0 radical (unpaired) electrons. The molecule has 2 aromatic rings. The lowest BCUT2D eigenvalue weighted by Gasteiger charge is -2.36. The zero-order valence-corrected chi connectivity index (χ0v) is 20.3. The van der Waals surface area contributed by atoms with Crippen LogP contribution in [0.25, 0.3) is 0 Å². The molecule has 0 aromatic heterocycles. The summed E-state index contributed by atoms with van der Waals surface area (Å²) in [4.78, 5) is 27.7. The molecular weight excluding hydrogens is 446 g/mol. The van der Waals surface area contributed by atoms with Gasteiger partial charge in [-0.25, -0.2) is 8.78 Å². The third kappa shape index (κ3) is 5.48. The average Bonchev–Trinajstić information content (AvgIpc) is 3.36. The van der Waals surface area contributed by atoms with Crippen LogP contribution in [0.5, 0.6) is 0 Å². The Kier molecular flexibility index (Phi) is 6.75. The van der Waals surface area contributed by atoms with E-state index in [1.807, 2.05) is 0 Å². The zero-order valence-electron chi connectivity index (χ0n) is 20.3. The van der Waals surface area contributed by atoms with E-state index in [2.05, 4.69) is 40.5 Å². The Morgan fingerprint density at radius 2 is 1.74 bits per heavy atom. The quantitative estimate of drug-likeness (QED) is 0.505. The molecule has 0 spiro atoms. The van der Waals surface area contributed by atoms with Crippen LogP contribution in [0.3, 0.4) is 0 Å². The van der Waals surface area contributed by atoms with Gasteiger partial charge in [0.15, 0.2) is 0 Å². The van der Waals surface area contributed by atoms with Crippen LogP contribution in [0.1, 0.15) is 62.5 Å². The number of anilines is 1. The second-order valence-electron chi connectivity index (χ2n) is 10.7. The lowest BCUT2D eigenvalue weighted by molar-refractivity contribution is -0.124. The Hall–Kier alpha value is -2.60. The number of Topliss-reactive ketones (excluding diaryl/α,β-unsaturated/α-hetero) is 1. The van der Waals surface area contributed by atoms with E-state index < -0.39 is 5.92 Å². The minimum Gasteiger partial charge on any atom is -0.326 e. The Morgan fingerprint density at radius 1 is 1.00 bits per heavy atom. The standard InChI is InChI=1S/C29H34F2N2O2/c1-29(30,31)21-10-6-11-22(16-21)32-27(35)14-13-26(34)28-24-17-33(18-25(24)28)23-12-5-9-20(15-23)19-7-3-2-4-8-19/h2-4,6-8,10-11,16,20,23-25,28H,5,9,12-15,17-18H2,1H3,(H,32,35)/t20?,23?,24-,25+,28?. The summed E-state index contributed by atoms with van der Waals surface area (Å²) >= 11 is 0. The van der Waals surface area contributed by atoms with Crippen molar-refractivity contribution in [3.63, 3.8) is 0 Å². The number of alkyl halides is 2. The van der Waals surface area contributed by atoms with E-state index in [4.69, 9.17) is 0 Å². The summed E-state index contributed by atoms with van der Waals surface area (Å²) in [6.45, 7) is 2.82. The van der Waals surface area contributed by atoms with Gasteiger partial charge in [0.2, 0.25) is 5.91 Å². The first-order chi connectivity index (χ1) is 16.8. The summed E-state index contributed by atoms with van der Waals surface area (Å²) in [5.41, 5.74) is 1.64. The molecule has 6 heteroatoms. The van der Waals surface area contributed by atoms with Crippen LogP contribution in [0.15, 0.2) is 54.6 Å². The number of halogens is 2. The average molecular weight is 481 g/mol. The van der Waals surface area contributed by atoms with E-state index in [0.717, 1.165) is 20.0 Å². The van der Waals surface area contributed by atoms with Gasteiger partial charge in [0.05, 0.1) is 0 Å². The van der Waals surface area contributed by atoms with Crippen LogP contribution in [0.4, 0.5) is 14.5 Å². The van der Waals surface area contributed by atoms with Crippen molar-refractivity contribution >= 4 is 17.4 Å². The van der Waals surface area contributed by atoms with Gasteiger partial charge in [-0.15, -0.1) is 0 Å². The molecule has 2 saturated carbocycles. The van der Waals surface area contributed by atoms with Crippen LogP contribution in [0.2, 0.25) is 0 Å². The molecule has 186 valence electrons. The van der Waals surface area contributed by atoms with E-state index >= 15 is 0 Å². The lowest BCUT2D eigenvalue weighted by atomic mass is 9.81. The number of rotatable bonds is 8. The highest BCUT2D eigenvalue weighted by molar-refractivity contribution is 5.94. The zero-order chi connectivity index (χ0) is 24.6. The Labute approximate surface area is 206 Å². The molecule has 1 N–H and O–H groups in total. The van der Waals surface area contributed by atoms with E-state index in [1.165, 1.54) is 49.4 Å². The molecular formula is C29H34F2N2O2. The summed E-state index contributed by atoms with van der Waals surface area (Å²) in [5, 5.41) is 2.65. The normalized spacial score (nSPS) is 28.4. The molecule has 2 aliphatic carbocycles. The van der Waals surface area contributed by atoms with Crippen LogP contribution in [0, 0.1) is 17.8 Å². The van der Waals surface area contributed by atoms with Gasteiger partial charge in [0.25, 0.3) is 5.92 Å². The molecule has 35 heavy (non-hydrogen) atoms. The predicted molar refractivity (Wildman–Crippen MR) is 132 cm³/mol. The number of carbonyl (C=O) groups excluding carboxylic acids is 2. The molecule has 4 nitrogen and oxygen atoms in total. The highest BCUT2D eigenvalue weighted by atomic mass is 19.3. The van der Waals surface area contributed by atoms with Crippen molar-refractivity contribution in [2.75, 3.05) is 18.4 Å². The highest BCUT2D eigenvalue weighted by Crippen LogP contribution is 2.54. The fourth-order valence-electron chi connectivity index (χ4n) is 6.36. The molecule has 3 aliphatic rings. The molecule has 3 fully saturated rings. The molecule has 1 heterocycles. The largest absolute Gasteiger partial charge is 0.326 e. The summed E-state index contributed by atoms with van der Waals surface area (Å²) in [6.07, 6.45) is 5.27. The molecule has 1 saturated heterocycles. The van der Waals surface area contributed by atoms with Crippen LogP contribution in [-0.2, 0) is 15.5 Å². The van der Waals surface area contributed by atoms with E-state index in [-0.39, 0.29) is 36.0 Å². The van der Waals surface area contributed by atoms with Gasteiger partial charge in [-0.2, -0.15) is 0 Å². The van der Waals surface area contributed by atoms with Gasteiger partial charge in [-0.1, -0.05) is 48.9 Å². The van der Waals surface area contributed by atoms with Crippen molar-refractivity contribution in [1.29, 1.82) is 0 Å². The number of amides is 1. The monoisotopic (exact) mass is 480 g/mol. The van der Waals surface area contributed by atoms with Gasteiger partial charge >= 0.3 is 0 Å². The van der Waals surface area contributed by atoms with E-state index in [9.17, 15) is 18.4 Å². The van der Waals surface area contributed by atoms with Crippen molar-refractivity contribution in [1.82, 2.24) is 4.90 Å². The topological polar surface area (TPSA) is 49.4 Å². The number of fused-ring (bicyclic) bond motifs is 1. The predicted octanol–water partition coefficient (Wildman–Crippen LogP) is 5.99. The number of nitrogens with one attached hydrogen (secondary N) is 1. The second kappa shape index (κ2) is 9.81. The minimum atomic E-state index is -2.96. The Balaban J connectivity index is 1.06. The molecule has 1 amide bonds. The van der Waals surface area contributed by atoms with Crippen LogP contribution in [-0.4, -0.2) is 35.7 Å². The van der Waals surface area contributed by atoms with Crippen molar-refractivity contribution in [3.05, 3.63) is 65.7 Å². The number of benzene rings is 2. The second-order valence-corrected chi connectivity index (χ2v) is 10.7. The van der Waals surface area contributed by atoms with E-state index in [1.54, 1.807) is 6.07 Å². The molecule has 0 bridgehead atoms. The van der Waals surface area contributed by atoms with Crippen molar-refractivity contribution in [2.24, 2.45) is 17.8 Å². The molecule has 1 aliphatic heterocycles. The molecule has 5 atom stereocenters. The Morgan fingerprint density at radius 3 is 2.46 bits per heavy atom. The lowest BCUT2D eigenvalue weighted by Crippen LogP contribution is -2.39. The maximum absolute atomic E-state index is 13.5. The summed E-state index contributed by atoms with van der Waals surface area (Å²) < 4.78 is 27.0. The van der Waals surface area contributed by atoms with Gasteiger partial charge in [-0.05, 0) is 54.7 Å². The third-order valence-corrected chi connectivity index (χ3v) is 8.28. The first-order valence-electron chi connectivity index (χ1n) is 12.9. The van der Waals surface area contributed by atoms with Gasteiger partial charge in [-0.3, -0.25) is 14.5 Å². The number of hydrogen-bond acceptors (Lipinski definition) is 3. The van der Waals surface area contributed by atoms with Crippen molar-refractivity contribution < 1.29 is 18.4 Å². The van der Waals surface area contributed by atoms with Crippen molar-refractivity contribution in [2.45, 2.75) is 63.3 Å².